The number of carbonyl (C=O) groups excluding carboxylic acids is 2. The lowest BCUT2D eigenvalue weighted by Crippen LogP contribution is -2.57. The summed E-state index contributed by atoms with van der Waals surface area (Å²) in [7, 11) is 0. The molecule has 29 heavy (non-hydrogen) atoms. The molecule has 7 nitrogen and oxygen atoms in total. The fourth-order valence-corrected chi connectivity index (χ4v) is 6.14. The van der Waals surface area contributed by atoms with E-state index in [1.165, 1.54) is 0 Å². The van der Waals surface area contributed by atoms with Crippen molar-refractivity contribution in [2.75, 3.05) is 26.2 Å². The number of pyridine rings is 1. The molecule has 0 radical (unpaired) electrons. The van der Waals surface area contributed by atoms with Gasteiger partial charge >= 0.3 is 0 Å². The van der Waals surface area contributed by atoms with Gasteiger partial charge in [0.1, 0.15) is 6.04 Å². The lowest BCUT2D eigenvalue weighted by Gasteiger charge is -2.48. The van der Waals surface area contributed by atoms with Crippen LogP contribution in [0.1, 0.15) is 43.8 Å². The zero-order valence-corrected chi connectivity index (χ0v) is 17.5. The van der Waals surface area contributed by atoms with Crippen molar-refractivity contribution in [3.8, 4) is 0 Å². The quantitative estimate of drug-likeness (QED) is 0.733. The summed E-state index contributed by atoms with van der Waals surface area (Å²) >= 11 is 0. The Morgan fingerprint density at radius 3 is 2.31 bits per heavy atom. The van der Waals surface area contributed by atoms with Crippen molar-refractivity contribution in [2.45, 2.75) is 44.2 Å². The molecule has 1 unspecified atom stereocenters. The van der Waals surface area contributed by atoms with E-state index in [1.54, 1.807) is 23.6 Å². The Kier molecular flexibility index (Phi) is 5.23. The number of hydrogen-bond donors (Lipinski definition) is 1. The minimum Gasteiger partial charge on any atom is -0.342 e. The number of halogens is 1. The molecule has 6 atom stereocenters. The SMILES string of the molecule is CC(=O)N1C[C@H]2C[C@@H](C1)[C@H](C(=O)N1C[C@H]3CC[C@@H](C1)C3N)n1c2cccc1=O.Cl. The molecule has 5 rings (SSSR count). The number of nitrogens with two attached hydrogens (primary N) is 1. The number of rotatable bonds is 1. The summed E-state index contributed by atoms with van der Waals surface area (Å²) in [5, 5.41) is 0. The van der Waals surface area contributed by atoms with Gasteiger partial charge in [0.15, 0.2) is 0 Å². The number of hydrogen-bond acceptors (Lipinski definition) is 4. The molecule has 3 fully saturated rings. The largest absolute Gasteiger partial charge is 0.342 e. The van der Waals surface area contributed by atoms with E-state index in [0.717, 1.165) is 25.0 Å². The van der Waals surface area contributed by atoms with Crippen LogP contribution in [0.2, 0.25) is 0 Å². The van der Waals surface area contributed by atoms with Crippen LogP contribution < -0.4 is 11.3 Å². The number of nitrogens with zero attached hydrogens (tertiary/aromatic N) is 3. The summed E-state index contributed by atoms with van der Waals surface area (Å²) in [4.78, 5) is 42.3. The van der Waals surface area contributed by atoms with Gasteiger partial charge in [0.25, 0.3) is 5.56 Å². The van der Waals surface area contributed by atoms with Crippen LogP contribution in [-0.4, -0.2) is 58.4 Å². The van der Waals surface area contributed by atoms with Gasteiger partial charge in [-0.05, 0) is 37.2 Å². The fraction of sp³-hybridized carbons (Fsp3) is 0.667. The lowest BCUT2D eigenvalue weighted by atomic mass is 9.77. The Hall–Kier alpha value is -1.86. The Balaban J connectivity index is 0.00000205. The first-order valence-corrected chi connectivity index (χ1v) is 10.5. The normalized spacial score (nSPS) is 35.0. The van der Waals surface area contributed by atoms with Crippen molar-refractivity contribution in [2.24, 2.45) is 23.5 Å². The van der Waals surface area contributed by atoms with Crippen molar-refractivity contribution in [1.82, 2.24) is 14.4 Å². The van der Waals surface area contributed by atoms with Crippen LogP contribution in [0, 0.1) is 17.8 Å². The second-order valence-electron chi connectivity index (χ2n) is 9.14. The Morgan fingerprint density at radius 1 is 1.00 bits per heavy atom. The molecule has 2 N–H and O–H groups in total. The van der Waals surface area contributed by atoms with E-state index in [1.807, 2.05) is 15.9 Å². The maximum atomic E-state index is 13.7. The third-order valence-corrected chi connectivity index (χ3v) is 7.56. The lowest BCUT2D eigenvalue weighted by molar-refractivity contribution is -0.143. The van der Waals surface area contributed by atoms with Crippen LogP contribution in [0.25, 0.3) is 0 Å². The van der Waals surface area contributed by atoms with Crippen LogP contribution in [0.4, 0.5) is 0 Å². The number of carbonyl (C=O) groups is 2. The van der Waals surface area contributed by atoms with Crippen LogP contribution >= 0.6 is 12.4 Å². The van der Waals surface area contributed by atoms with E-state index < -0.39 is 6.04 Å². The topological polar surface area (TPSA) is 88.6 Å². The summed E-state index contributed by atoms with van der Waals surface area (Å²) in [6, 6.07) is 4.93. The summed E-state index contributed by atoms with van der Waals surface area (Å²) < 4.78 is 1.73. The van der Waals surface area contributed by atoms with Gasteiger partial charge in [-0.1, -0.05) is 6.07 Å². The highest BCUT2D eigenvalue weighted by Crippen LogP contribution is 2.43. The molecule has 0 spiro atoms. The highest BCUT2D eigenvalue weighted by molar-refractivity contribution is 5.85. The van der Waals surface area contributed by atoms with E-state index in [0.29, 0.717) is 38.0 Å². The van der Waals surface area contributed by atoms with E-state index >= 15 is 0 Å². The molecule has 1 aliphatic carbocycles. The highest BCUT2D eigenvalue weighted by Gasteiger charge is 2.48. The second kappa shape index (κ2) is 7.43. The van der Waals surface area contributed by atoms with Crippen molar-refractivity contribution >= 4 is 24.2 Å². The van der Waals surface area contributed by atoms with Gasteiger partial charge in [-0.3, -0.25) is 19.0 Å². The predicted octanol–water partition coefficient (Wildman–Crippen LogP) is 0.973. The monoisotopic (exact) mass is 420 g/mol. The highest BCUT2D eigenvalue weighted by atomic mass is 35.5. The fourth-order valence-electron chi connectivity index (χ4n) is 6.14. The second-order valence-corrected chi connectivity index (χ2v) is 9.14. The Labute approximate surface area is 176 Å². The van der Waals surface area contributed by atoms with Gasteiger partial charge < -0.3 is 15.5 Å². The molecule has 2 amide bonds. The van der Waals surface area contributed by atoms with Crippen molar-refractivity contribution in [3.05, 3.63) is 34.2 Å². The summed E-state index contributed by atoms with van der Waals surface area (Å²) in [5.41, 5.74) is 7.10. The Bertz CT molecular complexity index is 873. The minimum atomic E-state index is -0.518. The predicted molar refractivity (Wildman–Crippen MR) is 111 cm³/mol. The molecule has 1 saturated carbocycles. The first-order valence-electron chi connectivity index (χ1n) is 10.5. The summed E-state index contributed by atoms with van der Waals surface area (Å²) in [5.74, 6) is 0.904. The third kappa shape index (κ3) is 3.19. The van der Waals surface area contributed by atoms with Gasteiger partial charge in [0, 0.05) is 62.7 Å². The van der Waals surface area contributed by atoms with E-state index in [4.69, 9.17) is 5.73 Å². The van der Waals surface area contributed by atoms with Crippen LogP contribution in [0.5, 0.6) is 0 Å². The molecule has 2 saturated heterocycles. The van der Waals surface area contributed by atoms with Gasteiger partial charge in [-0.25, -0.2) is 0 Å². The average Bonchev–Trinajstić information content (AvgIpc) is 2.89. The minimum absolute atomic E-state index is 0. The maximum absolute atomic E-state index is 13.7. The number of piperidine rings is 2. The van der Waals surface area contributed by atoms with Gasteiger partial charge in [-0.15, -0.1) is 12.4 Å². The molecular formula is C21H29ClN4O3. The van der Waals surface area contributed by atoms with Gasteiger partial charge in [-0.2, -0.15) is 0 Å². The number of aromatic nitrogens is 1. The smallest absolute Gasteiger partial charge is 0.251 e. The molecule has 0 aromatic carbocycles. The van der Waals surface area contributed by atoms with Crippen molar-refractivity contribution in [3.63, 3.8) is 0 Å². The summed E-state index contributed by atoms with van der Waals surface area (Å²) in [6.45, 7) is 4.13. The van der Waals surface area contributed by atoms with Crippen LogP contribution in [-0.2, 0) is 9.59 Å². The zero-order valence-electron chi connectivity index (χ0n) is 16.7. The number of likely N-dealkylation sites (tertiary alicyclic amines) is 2. The molecular weight excluding hydrogens is 392 g/mol. The molecule has 8 heteroatoms. The van der Waals surface area contributed by atoms with E-state index in [-0.39, 0.29) is 47.7 Å². The van der Waals surface area contributed by atoms with Crippen molar-refractivity contribution < 1.29 is 9.59 Å². The van der Waals surface area contributed by atoms with Crippen LogP contribution in [0.3, 0.4) is 0 Å². The third-order valence-electron chi connectivity index (χ3n) is 7.56. The molecule has 4 heterocycles. The molecule has 1 aromatic heterocycles. The zero-order chi connectivity index (χ0) is 19.6. The number of amides is 2. The van der Waals surface area contributed by atoms with E-state index in [9.17, 15) is 14.4 Å². The molecule has 158 valence electrons. The summed E-state index contributed by atoms with van der Waals surface area (Å²) in [6.07, 6.45) is 3.02. The Morgan fingerprint density at radius 2 is 1.66 bits per heavy atom. The van der Waals surface area contributed by atoms with Gasteiger partial charge in [0.05, 0.1) is 0 Å². The van der Waals surface area contributed by atoms with Crippen LogP contribution in [0.15, 0.2) is 23.0 Å². The maximum Gasteiger partial charge on any atom is 0.251 e. The van der Waals surface area contributed by atoms with Gasteiger partial charge in [0.2, 0.25) is 11.8 Å². The van der Waals surface area contributed by atoms with E-state index in [2.05, 4.69) is 0 Å². The molecule has 4 aliphatic rings. The van der Waals surface area contributed by atoms with Crippen molar-refractivity contribution in [1.29, 1.82) is 0 Å². The first kappa shape index (κ1) is 20.4. The molecule has 3 aliphatic heterocycles. The molecule has 1 aromatic rings. The average molecular weight is 421 g/mol. The first-order chi connectivity index (χ1) is 13.4. The number of fused-ring (bicyclic) bond motifs is 6. The molecule has 4 bridgehead atoms. The standard InChI is InChI=1S/C21H28N4O3.ClH/c1-12(26)23-10-15-7-16(11-23)20(25-17(15)3-2-4-18(25)27)21(28)24-8-13-5-6-14(9-24)19(13)22;/h2-4,13-16,19-20H,5-11,22H2,1H3;1H/t13-,14+,15-,16+,19?,20-;/m1./s1.